The first-order chi connectivity index (χ1) is 24.8. The third-order valence-electron chi connectivity index (χ3n) is 8.93. The van der Waals surface area contributed by atoms with E-state index in [1.807, 2.05) is 42.8 Å². The molecule has 272 valence electrons. The van der Waals surface area contributed by atoms with Gasteiger partial charge in [0.05, 0.1) is 25.5 Å². The van der Waals surface area contributed by atoms with Gasteiger partial charge in [-0.2, -0.15) is 18.3 Å². The first kappa shape index (κ1) is 35.4. The van der Waals surface area contributed by atoms with Crippen molar-refractivity contribution in [3.63, 3.8) is 0 Å². The van der Waals surface area contributed by atoms with Crippen LogP contribution in [0, 0.1) is 0 Å². The number of fused-ring (bicyclic) bond motifs is 1. The minimum absolute atomic E-state index is 0.216. The minimum Gasteiger partial charge on any atom is -0.480 e. The van der Waals surface area contributed by atoms with E-state index in [4.69, 9.17) is 29.5 Å². The molecule has 0 N–H and O–H groups in total. The van der Waals surface area contributed by atoms with Gasteiger partial charge in [-0.1, -0.05) is 43.9 Å². The molecule has 1 fully saturated rings. The zero-order chi connectivity index (χ0) is 36.8. The van der Waals surface area contributed by atoms with Crippen molar-refractivity contribution in [1.29, 1.82) is 0 Å². The molecule has 6 aromatic rings. The summed E-state index contributed by atoms with van der Waals surface area (Å²) in [5.74, 6) is 1.95. The van der Waals surface area contributed by atoms with Crippen LogP contribution in [0.25, 0.3) is 45.5 Å². The van der Waals surface area contributed by atoms with Crippen LogP contribution in [0.3, 0.4) is 0 Å². The molecule has 0 radical (unpaired) electrons. The maximum absolute atomic E-state index is 13.6. The second kappa shape index (κ2) is 13.9. The molecule has 1 saturated carbocycles. The summed E-state index contributed by atoms with van der Waals surface area (Å²) in [7, 11) is 0.333. The van der Waals surface area contributed by atoms with E-state index in [1.54, 1.807) is 34.7 Å². The lowest BCUT2D eigenvalue weighted by molar-refractivity contribution is -0.140. The fourth-order valence-corrected chi connectivity index (χ4v) is 6.72. The molecule has 0 spiro atoms. The highest BCUT2D eigenvalue weighted by atomic mass is 28.3. The molecule has 0 unspecified atom stereocenters. The molecule has 0 atom stereocenters. The Labute approximate surface area is 300 Å². The van der Waals surface area contributed by atoms with Crippen molar-refractivity contribution >= 4 is 19.2 Å². The van der Waals surface area contributed by atoms with Gasteiger partial charge in [0.15, 0.2) is 23.0 Å². The molecule has 16 heteroatoms. The number of rotatable bonds is 13. The van der Waals surface area contributed by atoms with Crippen molar-refractivity contribution in [3.8, 4) is 40.2 Å². The first-order valence-corrected chi connectivity index (χ1v) is 21.0. The van der Waals surface area contributed by atoms with Gasteiger partial charge in [-0.3, -0.25) is 0 Å². The van der Waals surface area contributed by atoms with Crippen molar-refractivity contribution in [2.24, 2.45) is 0 Å². The predicted molar refractivity (Wildman–Crippen MR) is 192 cm³/mol. The average molecular weight is 731 g/mol. The summed E-state index contributed by atoms with van der Waals surface area (Å²) in [5, 5.41) is 4.80. The number of halogens is 3. The fraction of sp³-hybridized carbons (Fsp3) is 0.417. The quantitative estimate of drug-likeness (QED) is 0.0863. The van der Waals surface area contributed by atoms with Gasteiger partial charge in [0, 0.05) is 44.6 Å². The Bertz CT molecular complexity index is 2200. The van der Waals surface area contributed by atoms with E-state index < -0.39 is 19.9 Å². The number of aromatic nitrogens is 10. The van der Waals surface area contributed by atoms with E-state index in [-0.39, 0.29) is 11.9 Å². The molecule has 0 saturated heterocycles. The smallest absolute Gasteiger partial charge is 0.434 e. The number of methoxy groups -OCH3 is 1. The highest BCUT2D eigenvalue weighted by molar-refractivity contribution is 6.76. The minimum atomic E-state index is -4.54. The topological polar surface area (TPSA) is 123 Å². The van der Waals surface area contributed by atoms with Gasteiger partial charge in [-0.15, -0.1) is 0 Å². The number of ether oxygens (including phenoxy) is 2. The van der Waals surface area contributed by atoms with Crippen molar-refractivity contribution in [3.05, 3.63) is 72.2 Å². The molecule has 5 aromatic heterocycles. The Morgan fingerprint density at radius 3 is 2.40 bits per heavy atom. The molecule has 1 aromatic carbocycles. The van der Waals surface area contributed by atoms with Crippen LogP contribution in [0.2, 0.25) is 25.7 Å². The maximum Gasteiger partial charge on any atom is 0.434 e. The Balaban J connectivity index is 1.27. The zero-order valence-electron chi connectivity index (χ0n) is 30.0. The molecule has 0 aliphatic heterocycles. The summed E-state index contributed by atoms with van der Waals surface area (Å²) in [5.41, 5.74) is 3.81. The number of alkyl halides is 3. The van der Waals surface area contributed by atoms with Crippen LogP contribution < -0.4 is 4.74 Å². The van der Waals surface area contributed by atoms with E-state index in [9.17, 15) is 13.2 Å². The fourth-order valence-electron chi connectivity index (χ4n) is 5.97. The summed E-state index contributed by atoms with van der Waals surface area (Å²) in [6.07, 6.45) is 3.61. The lowest BCUT2D eigenvalue weighted by atomic mass is 10.1. The van der Waals surface area contributed by atoms with E-state index in [2.05, 4.69) is 34.6 Å². The number of benzene rings is 1. The van der Waals surface area contributed by atoms with E-state index >= 15 is 0 Å². The summed E-state index contributed by atoms with van der Waals surface area (Å²) in [6.45, 7) is 11.9. The van der Waals surface area contributed by atoms with Crippen LogP contribution in [0.4, 0.5) is 13.2 Å². The predicted octanol–water partition coefficient (Wildman–Crippen LogP) is 7.86. The third kappa shape index (κ3) is 7.48. The van der Waals surface area contributed by atoms with E-state index in [1.165, 1.54) is 6.33 Å². The van der Waals surface area contributed by atoms with Gasteiger partial charge >= 0.3 is 6.18 Å². The van der Waals surface area contributed by atoms with Crippen LogP contribution in [0.5, 0.6) is 5.88 Å². The highest BCUT2D eigenvalue weighted by Gasteiger charge is 2.35. The molecule has 1 aliphatic carbocycles. The standard InChI is InChI=1S/C36H41F3N10O2Si/c1-22(2)48-19-28(36(37,38)39)44-32(48)25-9-7-23(8-10-25)18-49-33(26-13-14-47(46-26)21-51-15-16-52(4,5)6)43-27-17-40-31(45-34(27)49)29-30(24-11-12-24)41-20-42-35(29)50-3/h7-10,13-14,17,19-20,22,24H,11-12,15-16,18,21H2,1-6H3. The summed E-state index contributed by atoms with van der Waals surface area (Å²) in [6, 6.07) is 10.1. The lowest BCUT2D eigenvalue weighted by Crippen LogP contribution is -2.22. The molecular weight excluding hydrogens is 690 g/mol. The van der Waals surface area contributed by atoms with Crippen LogP contribution in [0.15, 0.2) is 55.2 Å². The Hall–Kier alpha value is -4.96. The SMILES string of the molecule is COc1ncnc(C2CC2)c1-c1ncc2nc(-c3ccn(COCC[Si](C)(C)C)n3)n(Cc3ccc(-c4nc(C(F)(F)F)cn4C(C)C)cc3)c2n1. The molecule has 52 heavy (non-hydrogen) atoms. The first-order valence-electron chi connectivity index (χ1n) is 17.3. The van der Waals surface area contributed by atoms with Crippen LogP contribution in [0.1, 0.15) is 55.6 Å². The lowest BCUT2D eigenvalue weighted by Gasteiger charge is -2.15. The van der Waals surface area contributed by atoms with Gasteiger partial charge in [0.2, 0.25) is 5.88 Å². The second-order valence-corrected chi connectivity index (χ2v) is 20.2. The third-order valence-corrected chi connectivity index (χ3v) is 10.6. The van der Waals surface area contributed by atoms with Gasteiger partial charge in [0.1, 0.15) is 35.7 Å². The van der Waals surface area contributed by atoms with E-state index in [0.717, 1.165) is 36.3 Å². The normalized spacial score (nSPS) is 13.8. The van der Waals surface area contributed by atoms with Crippen LogP contribution in [-0.2, 0) is 24.2 Å². The van der Waals surface area contributed by atoms with Crippen molar-refractivity contribution in [2.75, 3.05) is 13.7 Å². The molecule has 5 heterocycles. The van der Waals surface area contributed by atoms with Gasteiger partial charge in [-0.05, 0) is 44.4 Å². The summed E-state index contributed by atoms with van der Waals surface area (Å²) >= 11 is 0. The second-order valence-electron chi connectivity index (χ2n) is 14.6. The molecule has 1 aliphatic rings. The Morgan fingerprint density at radius 1 is 0.962 bits per heavy atom. The molecule has 12 nitrogen and oxygen atoms in total. The molecule has 7 rings (SSSR count). The highest BCUT2D eigenvalue weighted by Crippen LogP contribution is 2.45. The van der Waals surface area contributed by atoms with E-state index in [0.29, 0.717) is 71.3 Å². The van der Waals surface area contributed by atoms with Crippen LogP contribution >= 0.6 is 0 Å². The van der Waals surface area contributed by atoms with Crippen LogP contribution in [-0.4, -0.2) is 70.6 Å². The monoisotopic (exact) mass is 730 g/mol. The summed E-state index contributed by atoms with van der Waals surface area (Å²) in [4.78, 5) is 27.5. The van der Waals surface area contributed by atoms with Crippen molar-refractivity contribution in [2.45, 2.75) is 83.8 Å². The molecular formula is C36H41F3N10O2Si. The number of hydrogen-bond donors (Lipinski definition) is 0. The number of imidazole rings is 2. The molecule has 0 amide bonds. The van der Waals surface area contributed by atoms with Gasteiger partial charge in [0.25, 0.3) is 0 Å². The summed E-state index contributed by atoms with van der Waals surface area (Å²) < 4.78 is 57.6. The van der Waals surface area contributed by atoms with Gasteiger partial charge < -0.3 is 18.6 Å². The zero-order valence-corrected chi connectivity index (χ0v) is 31.0. The number of nitrogens with zero attached hydrogens (tertiary/aromatic N) is 10. The Kier molecular flexibility index (Phi) is 9.46. The maximum atomic E-state index is 13.6. The average Bonchev–Trinajstić information content (AvgIpc) is 3.49. The Morgan fingerprint density at radius 2 is 1.73 bits per heavy atom. The number of hydrogen-bond acceptors (Lipinski definition) is 9. The van der Waals surface area contributed by atoms with Crippen molar-refractivity contribution < 1.29 is 22.6 Å². The van der Waals surface area contributed by atoms with Gasteiger partial charge in [-0.25, -0.2) is 34.6 Å². The molecule has 0 bridgehead atoms. The van der Waals surface area contributed by atoms with Crippen molar-refractivity contribution in [1.82, 2.24) is 48.8 Å². The largest absolute Gasteiger partial charge is 0.480 e.